The van der Waals surface area contributed by atoms with Crippen molar-refractivity contribution in [2.45, 2.75) is 13.0 Å². The molecule has 0 aliphatic carbocycles. The van der Waals surface area contributed by atoms with Crippen LogP contribution in [0, 0.1) is 5.82 Å². The van der Waals surface area contributed by atoms with E-state index in [1.165, 1.54) is 12.1 Å². The van der Waals surface area contributed by atoms with Crippen molar-refractivity contribution in [3.05, 3.63) is 48.0 Å². The van der Waals surface area contributed by atoms with E-state index >= 15 is 0 Å². The Kier molecular flexibility index (Phi) is 6.40. The van der Waals surface area contributed by atoms with Crippen molar-refractivity contribution in [2.75, 3.05) is 20.2 Å². The molecule has 7 heteroatoms. The molecule has 0 amide bonds. The van der Waals surface area contributed by atoms with Gasteiger partial charge >= 0.3 is 0 Å². The Hall–Kier alpha value is -2.57. The summed E-state index contributed by atoms with van der Waals surface area (Å²) >= 11 is 0. The van der Waals surface area contributed by atoms with Crippen molar-refractivity contribution in [2.24, 2.45) is 12.0 Å². The van der Waals surface area contributed by atoms with Crippen LogP contribution in [0.3, 0.4) is 0 Å². The van der Waals surface area contributed by atoms with Gasteiger partial charge in [0.2, 0.25) is 0 Å². The zero-order chi connectivity index (χ0) is 16.5. The molecule has 0 aliphatic heterocycles. The van der Waals surface area contributed by atoms with E-state index in [1.54, 1.807) is 25.4 Å². The van der Waals surface area contributed by atoms with Crippen molar-refractivity contribution >= 4 is 5.96 Å². The Balaban J connectivity index is 1.62. The van der Waals surface area contributed by atoms with Gasteiger partial charge in [-0.3, -0.25) is 9.67 Å². The van der Waals surface area contributed by atoms with Gasteiger partial charge in [-0.25, -0.2) is 4.39 Å². The maximum Gasteiger partial charge on any atom is 0.191 e. The number of nitrogens with one attached hydrogen (secondary N) is 2. The van der Waals surface area contributed by atoms with Gasteiger partial charge in [0.05, 0.1) is 18.8 Å². The summed E-state index contributed by atoms with van der Waals surface area (Å²) in [7, 11) is 3.63. The molecule has 0 spiro atoms. The highest BCUT2D eigenvalue weighted by Crippen LogP contribution is 2.10. The molecule has 2 rings (SSSR count). The molecule has 1 aromatic heterocycles. The molecule has 1 heterocycles. The number of rotatable bonds is 7. The molecular weight excluding hydrogens is 297 g/mol. The molecule has 2 N–H and O–H groups in total. The molecule has 124 valence electrons. The number of aliphatic imine (C=N–C) groups is 1. The summed E-state index contributed by atoms with van der Waals surface area (Å²) in [6, 6.07) is 7.97. The second kappa shape index (κ2) is 8.77. The number of aryl methyl sites for hydroxylation is 1. The molecular formula is C16H22FN5O. The molecule has 1 aromatic carbocycles. The second-order valence-corrected chi connectivity index (χ2v) is 4.95. The number of guanidine groups is 1. The Morgan fingerprint density at radius 1 is 1.26 bits per heavy atom. The third-order valence-corrected chi connectivity index (χ3v) is 3.28. The average molecular weight is 319 g/mol. The number of halogens is 1. The minimum absolute atomic E-state index is 0.262. The molecule has 0 saturated heterocycles. The lowest BCUT2D eigenvalue weighted by Gasteiger charge is -2.12. The molecule has 2 aromatic rings. The number of benzene rings is 1. The van der Waals surface area contributed by atoms with Gasteiger partial charge in [-0.15, -0.1) is 0 Å². The number of aromatic nitrogens is 2. The SMILES string of the molecule is CN=C(NCCCOc1ccc(F)cc1)NCc1ccnn1C. The van der Waals surface area contributed by atoms with Crippen LogP contribution in [0.25, 0.3) is 0 Å². The van der Waals surface area contributed by atoms with Gasteiger partial charge in [0.1, 0.15) is 11.6 Å². The van der Waals surface area contributed by atoms with Crippen LogP contribution in [0.5, 0.6) is 5.75 Å². The van der Waals surface area contributed by atoms with Gasteiger partial charge in [0.25, 0.3) is 0 Å². The van der Waals surface area contributed by atoms with Crippen LogP contribution in [-0.4, -0.2) is 35.9 Å². The monoisotopic (exact) mass is 319 g/mol. The molecule has 0 aliphatic rings. The molecule has 0 radical (unpaired) electrons. The summed E-state index contributed by atoms with van der Waals surface area (Å²) in [5.41, 5.74) is 1.08. The first kappa shape index (κ1) is 16.8. The third-order valence-electron chi connectivity index (χ3n) is 3.28. The van der Waals surface area contributed by atoms with Crippen LogP contribution in [-0.2, 0) is 13.6 Å². The first-order chi connectivity index (χ1) is 11.2. The lowest BCUT2D eigenvalue weighted by atomic mass is 10.3. The van der Waals surface area contributed by atoms with Crippen LogP contribution < -0.4 is 15.4 Å². The van der Waals surface area contributed by atoms with Crippen molar-refractivity contribution in [3.8, 4) is 5.75 Å². The van der Waals surface area contributed by atoms with Crippen LogP contribution in [0.2, 0.25) is 0 Å². The van der Waals surface area contributed by atoms with Crippen molar-refractivity contribution in [1.29, 1.82) is 0 Å². The largest absolute Gasteiger partial charge is 0.494 e. The number of hydrogen-bond acceptors (Lipinski definition) is 3. The zero-order valence-corrected chi connectivity index (χ0v) is 13.4. The van der Waals surface area contributed by atoms with E-state index in [0.29, 0.717) is 18.9 Å². The molecule has 6 nitrogen and oxygen atoms in total. The summed E-state index contributed by atoms with van der Waals surface area (Å²) in [6.07, 6.45) is 2.57. The maximum absolute atomic E-state index is 12.8. The third kappa shape index (κ3) is 5.61. The predicted octanol–water partition coefficient (Wildman–Crippen LogP) is 1.69. The normalized spacial score (nSPS) is 11.3. The minimum atomic E-state index is -0.262. The van der Waals surface area contributed by atoms with E-state index in [2.05, 4.69) is 20.7 Å². The van der Waals surface area contributed by atoms with E-state index in [-0.39, 0.29) is 5.82 Å². The van der Waals surface area contributed by atoms with Gasteiger partial charge in [-0.2, -0.15) is 5.10 Å². The summed E-state index contributed by atoms with van der Waals surface area (Å²) < 4.78 is 20.1. The Morgan fingerprint density at radius 3 is 2.70 bits per heavy atom. The molecule has 0 bridgehead atoms. The Labute approximate surface area is 135 Å². The lowest BCUT2D eigenvalue weighted by molar-refractivity contribution is 0.310. The average Bonchev–Trinajstić information content (AvgIpc) is 2.97. The number of ether oxygens (including phenoxy) is 1. The fraction of sp³-hybridized carbons (Fsp3) is 0.375. The smallest absolute Gasteiger partial charge is 0.191 e. The van der Waals surface area contributed by atoms with Crippen molar-refractivity contribution < 1.29 is 9.13 Å². The maximum atomic E-state index is 12.8. The lowest BCUT2D eigenvalue weighted by Crippen LogP contribution is -2.38. The van der Waals surface area contributed by atoms with E-state index in [9.17, 15) is 4.39 Å². The number of nitrogens with zero attached hydrogens (tertiary/aromatic N) is 3. The number of hydrogen-bond donors (Lipinski definition) is 2. The van der Waals surface area contributed by atoms with Crippen LogP contribution >= 0.6 is 0 Å². The van der Waals surface area contributed by atoms with Gasteiger partial charge in [0, 0.05) is 26.8 Å². The summed E-state index contributed by atoms with van der Waals surface area (Å²) in [5.74, 6) is 1.14. The van der Waals surface area contributed by atoms with Crippen molar-refractivity contribution in [1.82, 2.24) is 20.4 Å². The van der Waals surface area contributed by atoms with E-state index in [1.807, 2.05) is 17.8 Å². The first-order valence-electron chi connectivity index (χ1n) is 7.49. The van der Waals surface area contributed by atoms with E-state index in [0.717, 1.165) is 24.6 Å². The second-order valence-electron chi connectivity index (χ2n) is 4.95. The highest BCUT2D eigenvalue weighted by molar-refractivity contribution is 5.79. The predicted molar refractivity (Wildman–Crippen MR) is 87.9 cm³/mol. The summed E-state index contributed by atoms with van der Waals surface area (Å²) in [5, 5.41) is 10.6. The summed E-state index contributed by atoms with van der Waals surface area (Å²) in [4.78, 5) is 4.16. The topological polar surface area (TPSA) is 63.5 Å². The molecule has 0 atom stereocenters. The highest BCUT2D eigenvalue weighted by atomic mass is 19.1. The Morgan fingerprint density at radius 2 is 2.04 bits per heavy atom. The highest BCUT2D eigenvalue weighted by Gasteiger charge is 2.01. The first-order valence-corrected chi connectivity index (χ1v) is 7.49. The Bertz CT molecular complexity index is 624. The van der Waals surface area contributed by atoms with Crippen molar-refractivity contribution in [3.63, 3.8) is 0 Å². The molecule has 0 saturated carbocycles. The zero-order valence-electron chi connectivity index (χ0n) is 13.4. The molecule has 23 heavy (non-hydrogen) atoms. The van der Waals surface area contributed by atoms with E-state index < -0.39 is 0 Å². The van der Waals surface area contributed by atoms with Crippen LogP contribution in [0.15, 0.2) is 41.5 Å². The van der Waals surface area contributed by atoms with Crippen LogP contribution in [0.4, 0.5) is 4.39 Å². The standard InChI is InChI=1S/C16H22FN5O/c1-18-16(20-12-14-8-10-21-22(14)2)19-9-3-11-23-15-6-4-13(17)5-7-15/h4-8,10H,3,9,11-12H2,1-2H3,(H2,18,19,20). The van der Waals surface area contributed by atoms with Gasteiger partial charge in [-0.05, 0) is 36.8 Å². The quantitative estimate of drug-likeness (QED) is 0.463. The van der Waals surface area contributed by atoms with E-state index in [4.69, 9.17) is 4.74 Å². The van der Waals surface area contributed by atoms with Gasteiger partial charge in [-0.1, -0.05) is 0 Å². The fourth-order valence-electron chi connectivity index (χ4n) is 1.97. The molecule has 0 unspecified atom stereocenters. The van der Waals surface area contributed by atoms with Crippen LogP contribution in [0.1, 0.15) is 12.1 Å². The molecule has 0 fully saturated rings. The summed E-state index contributed by atoms with van der Waals surface area (Å²) in [6.45, 7) is 1.94. The fourth-order valence-corrected chi connectivity index (χ4v) is 1.97. The minimum Gasteiger partial charge on any atom is -0.494 e. The van der Waals surface area contributed by atoms with Gasteiger partial charge < -0.3 is 15.4 Å². The van der Waals surface area contributed by atoms with Gasteiger partial charge in [0.15, 0.2) is 5.96 Å².